The predicted octanol–water partition coefficient (Wildman–Crippen LogP) is 5.25. The number of rotatable bonds is 1. The van der Waals surface area contributed by atoms with Gasteiger partial charge in [-0.2, -0.15) is 0 Å². The number of para-hydroxylation sites is 1. The lowest BCUT2D eigenvalue weighted by molar-refractivity contribution is 0.132. The Balaban J connectivity index is 1.82. The van der Waals surface area contributed by atoms with Gasteiger partial charge in [0.1, 0.15) is 0 Å². The Kier molecular flexibility index (Phi) is 3.80. The van der Waals surface area contributed by atoms with Gasteiger partial charge in [0, 0.05) is 23.0 Å². The van der Waals surface area contributed by atoms with Crippen LogP contribution in [0, 0.1) is 5.92 Å². The van der Waals surface area contributed by atoms with Crippen LogP contribution in [0.15, 0.2) is 35.7 Å². The monoisotopic (exact) mass is 356 g/mol. The number of carboxylic acid groups (broad SMARTS) is 1. The van der Waals surface area contributed by atoms with Crippen LogP contribution in [-0.2, 0) is 5.41 Å². The highest BCUT2D eigenvalue weighted by atomic mass is 32.1. The average Bonchev–Trinajstić information content (AvgIpc) is 3.21. The number of carbonyl (C=O) groups is 1. The van der Waals surface area contributed by atoms with E-state index in [-0.39, 0.29) is 23.4 Å². The molecule has 5 heteroatoms. The summed E-state index contributed by atoms with van der Waals surface area (Å²) in [5, 5.41) is 15.6. The van der Waals surface area contributed by atoms with Crippen LogP contribution in [-0.4, -0.2) is 22.6 Å². The highest BCUT2D eigenvalue weighted by molar-refractivity contribution is 7.10. The number of likely N-dealkylation sites (tertiary alicyclic amines) is 1. The number of fused-ring (bicyclic) bond motifs is 3. The molecule has 25 heavy (non-hydrogen) atoms. The first kappa shape index (κ1) is 16.5. The lowest BCUT2D eigenvalue weighted by Gasteiger charge is -2.40. The normalized spacial score (nSPS) is 25.2. The zero-order valence-corrected chi connectivity index (χ0v) is 15.6. The lowest BCUT2D eigenvalue weighted by Crippen LogP contribution is -2.37. The van der Waals surface area contributed by atoms with Crippen molar-refractivity contribution in [3.8, 4) is 0 Å². The molecule has 1 amide bonds. The number of benzene rings is 1. The topological polar surface area (TPSA) is 52.6 Å². The minimum absolute atomic E-state index is 0.0623. The summed E-state index contributed by atoms with van der Waals surface area (Å²) in [4.78, 5) is 14.8. The summed E-state index contributed by atoms with van der Waals surface area (Å²) in [7, 11) is 0. The molecule has 2 N–H and O–H groups in total. The van der Waals surface area contributed by atoms with Crippen molar-refractivity contribution >= 4 is 23.1 Å². The predicted molar refractivity (Wildman–Crippen MR) is 101 cm³/mol. The van der Waals surface area contributed by atoms with E-state index in [0.29, 0.717) is 6.54 Å². The minimum Gasteiger partial charge on any atom is -0.465 e. The Labute approximate surface area is 152 Å². The molecule has 0 bridgehead atoms. The Bertz CT molecular complexity index is 808. The van der Waals surface area contributed by atoms with Crippen LogP contribution in [0.2, 0.25) is 0 Å². The zero-order valence-electron chi connectivity index (χ0n) is 14.8. The van der Waals surface area contributed by atoms with E-state index >= 15 is 0 Å². The van der Waals surface area contributed by atoms with E-state index in [1.54, 1.807) is 16.2 Å². The summed E-state index contributed by atoms with van der Waals surface area (Å²) in [5.41, 5.74) is 3.58. The first-order valence-corrected chi connectivity index (χ1v) is 9.69. The van der Waals surface area contributed by atoms with Gasteiger partial charge in [-0.05, 0) is 40.5 Å². The molecule has 2 aliphatic heterocycles. The maximum Gasteiger partial charge on any atom is 0.407 e. The van der Waals surface area contributed by atoms with Crippen molar-refractivity contribution in [2.24, 2.45) is 5.92 Å². The van der Waals surface area contributed by atoms with Crippen molar-refractivity contribution in [1.29, 1.82) is 0 Å². The molecule has 1 saturated heterocycles. The van der Waals surface area contributed by atoms with Gasteiger partial charge in [-0.15, -0.1) is 11.3 Å². The zero-order chi connectivity index (χ0) is 17.8. The molecule has 1 fully saturated rings. The molecule has 0 aliphatic carbocycles. The first-order chi connectivity index (χ1) is 11.9. The van der Waals surface area contributed by atoms with Crippen LogP contribution in [0.1, 0.15) is 55.3 Å². The molecule has 1 aromatic carbocycles. The highest BCUT2D eigenvalue weighted by Crippen LogP contribution is 2.52. The van der Waals surface area contributed by atoms with E-state index in [9.17, 15) is 9.90 Å². The van der Waals surface area contributed by atoms with E-state index < -0.39 is 6.09 Å². The molecular weight excluding hydrogens is 332 g/mol. The van der Waals surface area contributed by atoms with Crippen LogP contribution in [0.4, 0.5) is 10.5 Å². The highest BCUT2D eigenvalue weighted by Gasteiger charge is 2.47. The fourth-order valence-electron chi connectivity index (χ4n) is 4.42. The van der Waals surface area contributed by atoms with Gasteiger partial charge in [0.15, 0.2) is 0 Å². The lowest BCUT2D eigenvalue weighted by atomic mass is 9.78. The second kappa shape index (κ2) is 5.77. The quantitative estimate of drug-likeness (QED) is 0.733. The molecule has 3 heterocycles. The average molecular weight is 356 g/mol. The summed E-state index contributed by atoms with van der Waals surface area (Å²) >= 11 is 1.80. The number of nitrogens with one attached hydrogen (secondary N) is 1. The number of hydrogen-bond donors (Lipinski definition) is 2. The number of hydrogen-bond acceptors (Lipinski definition) is 3. The largest absolute Gasteiger partial charge is 0.465 e. The van der Waals surface area contributed by atoms with Crippen molar-refractivity contribution in [3.63, 3.8) is 0 Å². The third kappa shape index (κ3) is 2.61. The number of amides is 1. The summed E-state index contributed by atoms with van der Waals surface area (Å²) in [6.07, 6.45) is 0.0758. The summed E-state index contributed by atoms with van der Waals surface area (Å²) in [5.74, 6) is 0.265. The smallest absolute Gasteiger partial charge is 0.407 e. The molecule has 4 nitrogen and oxygen atoms in total. The SMILES string of the molecule is CC(C)(C)c1sccc1[C@@H]1Nc2ccccc2[C@H]2[C@@H]1CCN2C(=O)O. The van der Waals surface area contributed by atoms with Crippen molar-refractivity contribution in [2.75, 3.05) is 11.9 Å². The Morgan fingerprint density at radius 2 is 2.00 bits per heavy atom. The molecule has 0 radical (unpaired) electrons. The number of anilines is 1. The van der Waals surface area contributed by atoms with Crippen LogP contribution < -0.4 is 5.32 Å². The summed E-state index contributed by atoms with van der Waals surface area (Å²) in [6, 6.07) is 10.5. The fourth-order valence-corrected chi connectivity index (χ4v) is 5.46. The maximum atomic E-state index is 11.8. The van der Waals surface area contributed by atoms with E-state index in [0.717, 1.165) is 17.7 Å². The molecule has 1 aromatic heterocycles. The Morgan fingerprint density at radius 3 is 2.72 bits per heavy atom. The molecular formula is C20H24N2O2S. The molecule has 2 aromatic rings. The van der Waals surface area contributed by atoms with Gasteiger partial charge in [-0.3, -0.25) is 0 Å². The van der Waals surface area contributed by atoms with Gasteiger partial charge in [-0.1, -0.05) is 39.0 Å². The molecule has 4 rings (SSSR count). The second-order valence-corrected chi connectivity index (χ2v) is 8.95. The maximum absolute atomic E-state index is 11.8. The molecule has 3 atom stereocenters. The van der Waals surface area contributed by atoms with Crippen LogP contribution >= 0.6 is 11.3 Å². The molecule has 0 saturated carbocycles. The number of thiophene rings is 1. The van der Waals surface area contributed by atoms with Gasteiger partial charge < -0.3 is 15.3 Å². The van der Waals surface area contributed by atoms with E-state index in [1.165, 1.54) is 10.4 Å². The van der Waals surface area contributed by atoms with Gasteiger partial charge in [-0.25, -0.2) is 4.79 Å². The summed E-state index contributed by atoms with van der Waals surface area (Å²) in [6.45, 7) is 7.34. The molecule has 0 unspecified atom stereocenters. The standard InChI is InChI=1S/C20H24N2O2S/c1-20(2,3)18-14(9-11-25-18)16-13-8-10-22(19(23)24)17(13)12-6-4-5-7-15(12)21-16/h4-7,9,11,13,16-17,21H,8,10H2,1-3H3,(H,23,24)/t13-,16-,17+/m1/s1. The third-order valence-electron chi connectivity index (χ3n) is 5.42. The van der Waals surface area contributed by atoms with Gasteiger partial charge in [0.05, 0.1) is 12.1 Å². The van der Waals surface area contributed by atoms with E-state index in [2.05, 4.69) is 49.7 Å². The number of nitrogens with zero attached hydrogens (tertiary/aromatic N) is 1. The first-order valence-electron chi connectivity index (χ1n) is 8.81. The minimum atomic E-state index is -0.815. The second-order valence-electron chi connectivity index (χ2n) is 8.04. The van der Waals surface area contributed by atoms with Crippen molar-refractivity contribution in [3.05, 3.63) is 51.7 Å². The molecule has 132 valence electrons. The van der Waals surface area contributed by atoms with Crippen LogP contribution in [0.5, 0.6) is 0 Å². The van der Waals surface area contributed by atoms with Crippen molar-refractivity contribution in [2.45, 2.75) is 44.7 Å². The van der Waals surface area contributed by atoms with Gasteiger partial charge >= 0.3 is 6.09 Å². The van der Waals surface area contributed by atoms with Gasteiger partial charge in [0.2, 0.25) is 0 Å². The van der Waals surface area contributed by atoms with Crippen LogP contribution in [0.3, 0.4) is 0 Å². The molecule has 0 spiro atoms. The summed E-state index contributed by atoms with van der Waals surface area (Å²) < 4.78 is 0. The Hall–Kier alpha value is -2.01. The molecule has 2 aliphatic rings. The van der Waals surface area contributed by atoms with Crippen molar-refractivity contribution < 1.29 is 9.90 Å². The third-order valence-corrected chi connectivity index (χ3v) is 6.78. The Morgan fingerprint density at radius 1 is 1.24 bits per heavy atom. The van der Waals surface area contributed by atoms with Crippen molar-refractivity contribution in [1.82, 2.24) is 4.90 Å². The van der Waals surface area contributed by atoms with E-state index in [1.807, 2.05) is 12.1 Å². The fraction of sp³-hybridized carbons (Fsp3) is 0.450. The van der Waals surface area contributed by atoms with Gasteiger partial charge in [0.25, 0.3) is 0 Å². The van der Waals surface area contributed by atoms with Crippen LogP contribution in [0.25, 0.3) is 0 Å². The van der Waals surface area contributed by atoms with E-state index in [4.69, 9.17) is 0 Å².